The van der Waals surface area contributed by atoms with Gasteiger partial charge in [0.25, 0.3) is 0 Å². The summed E-state index contributed by atoms with van der Waals surface area (Å²) in [5, 5.41) is 12.0. The highest BCUT2D eigenvalue weighted by atomic mass is 32.1. The Bertz CT molecular complexity index is 1170. The normalized spacial score (nSPS) is 13.6. The first-order valence-electron chi connectivity index (χ1n) is 10.3. The molecule has 2 aromatic heterocycles. The van der Waals surface area contributed by atoms with E-state index in [4.69, 9.17) is 15.9 Å². The minimum absolute atomic E-state index is 0.145. The molecule has 1 aliphatic rings. The Balaban J connectivity index is 1.63. The Kier molecular flexibility index (Phi) is 6.24. The van der Waals surface area contributed by atoms with E-state index in [0.717, 1.165) is 36.3 Å². The molecular formula is C22H27N7O2S. The first-order valence-corrected chi connectivity index (χ1v) is 11.2. The molecule has 0 saturated heterocycles. The van der Waals surface area contributed by atoms with Gasteiger partial charge in [0.15, 0.2) is 0 Å². The van der Waals surface area contributed by atoms with Gasteiger partial charge in [0.2, 0.25) is 5.91 Å². The summed E-state index contributed by atoms with van der Waals surface area (Å²) < 4.78 is 5.49. The Hall–Kier alpha value is -3.24. The number of hydrogen-bond acceptors (Lipinski definition) is 9. The van der Waals surface area contributed by atoms with E-state index in [1.54, 1.807) is 55.9 Å². The summed E-state index contributed by atoms with van der Waals surface area (Å²) in [7, 11) is 5.16. The lowest BCUT2D eigenvalue weighted by molar-refractivity contribution is -0.129. The van der Waals surface area contributed by atoms with Gasteiger partial charge in [0, 0.05) is 68.6 Å². The van der Waals surface area contributed by atoms with Gasteiger partial charge in [-0.15, -0.1) is 11.3 Å². The average Bonchev–Trinajstić information content (AvgIpc) is 3.16. The standard InChI is InChI=1S/C22H27N7O2S/c1-28(2)19(30)5-7-29-6-4-14-18(11-29)32-22-20(14)21(25-12-26-22)27-16-8-13(10-23)15(24)9-17(16)31-3/h8-10,12,23H,4-7,11,24H2,1-3H3,(H,25,26,27). The van der Waals surface area contributed by atoms with Crippen LogP contribution in [0, 0.1) is 5.41 Å². The topological polar surface area (TPSA) is 120 Å². The lowest BCUT2D eigenvalue weighted by Crippen LogP contribution is -2.33. The number of thiophene rings is 1. The minimum Gasteiger partial charge on any atom is -0.494 e. The number of ether oxygens (including phenoxy) is 1. The maximum atomic E-state index is 12.0. The molecular weight excluding hydrogens is 426 g/mol. The van der Waals surface area contributed by atoms with Crippen molar-refractivity contribution in [3.8, 4) is 5.75 Å². The summed E-state index contributed by atoms with van der Waals surface area (Å²) in [6, 6.07) is 3.49. The van der Waals surface area contributed by atoms with Crippen LogP contribution in [0.4, 0.5) is 17.2 Å². The summed E-state index contributed by atoms with van der Waals surface area (Å²) in [4.78, 5) is 27.1. The molecule has 1 aromatic carbocycles. The summed E-state index contributed by atoms with van der Waals surface area (Å²) in [6.45, 7) is 2.44. The molecule has 32 heavy (non-hydrogen) atoms. The first-order chi connectivity index (χ1) is 15.4. The van der Waals surface area contributed by atoms with Crippen LogP contribution < -0.4 is 15.8 Å². The Morgan fingerprint density at radius 3 is 2.94 bits per heavy atom. The second-order valence-corrected chi connectivity index (χ2v) is 9.00. The molecule has 4 N–H and O–H groups in total. The summed E-state index contributed by atoms with van der Waals surface area (Å²) in [5.74, 6) is 1.44. The number of nitrogens with two attached hydrogens (primary N) is 1. The Labute approximate surface area is 190 Å². The van der Waals surface area contributed by atoms with Gasteiger partial charge in [-0.25, -0.2) is 9.97 Å². The van der Waals surface area contributed by atoms with E-state index in [-0.39, 0.29) is 5.91 Å². The molecule has 0 aliphatic carbocycles. The zero-order chi connectivity index (χ0) is 22.8. The zero-order valence-electron chi connectivity index (χ0n) is 18.4. The molecule has 0 unspecified atom stereocenters. The maximum Gasteiger partial charge on any atom is 0.223 e. The number of hydrogen-bond donors (Lipinski definition) is 3. The van der Waals surface area contributed by atoms with Crippen LogP contribution >= 0.6 is 11.3 Å². The van der Waals surface area contributed by atoms with Gasteiger partial charge in [-0.3, -0.25) is 9.69 Å². The third-order valence-electron chi connectivity index (χ3n) is 5.67. The molecule has 1 aliphatic heterocycles. The fourth-order valence-corrected chi connectivity index (χ4v) is 5.10. The van der Waals surface area contributed by atoms with Gasteiger partial charge in [-0.2, -0.15) is 0 Å². The van der Waals surface area contributed by atoms with Gasteiger partial charge in [0.05, 0.1) is 18.2 Å². The number of methoxy groups -OCH3 is 1. The lowest BCUT2D eigenvalue weighted by atomic mass is 10.0. The fourth-order valence-electron chi connectivity index (χ4n) is 3.88. The third kappa shape index (κ3) is 4.23. The van der Waals surface area contributed by atoms with Crippen LogP contribution in [0.2, 0.25) is 0 Å². The smallest absolute Gasteiger partial charge is 0.223 e. The van der Waals surface area contributed by atoms with Gasteiger partial charge < -0.3 is 26.1 Å². The minimum atomic E-state index is 0.145. The van der Waals surface area contributed by atoms with Crippen LogP contribution in [0.15, 0.2) is 18.5 Å². The summed E-state index contributed by atoms with van der Waals surface area (Å²) >= 11 is 1.67. The van der Waals surface area contributed by atoms with Crippen molar-refractivity contribution in [2.24, 2.45) is 0 Å². The predicted octanol–water partition coefficient (Wildman–Crippen LogP) is 2.86. The average molecular weight is 454 g/mol. The summed E-state index contributed by atoms with van der Waals surface area (Å²) in [5.41, 5.74) is 9.03. The molecule has 3 heterocycles. The predicted molar refractivity (Wildman–Crippen MR) is 128 cm³/mol. The van der Waals surface area contributed by atoms with E-state index in [2.05, 4.69) is 20.2 Å². The molecule has 3 aromatic rings. The van der Waals surface area contributed by atoms with Crippen molar-refractivity contribution >= 4 is 50.9 Å². The molecule has 0 radical (unpaired) electrons. The number of nitrogens with zero attached hydrogens (tertiary/aromatic N) is 4. The number of aromatic nitrogens is 2. The molecule has 10 heteroatoms. The molecule has 4 rings (SSSR count). The molecule has 0 bridgehead atoms. The number of rotatable bonds is 7. The number of carbonyl (C=O) groups excluding carboxylic acids is 1. The quantitative estimate of drug-likeness (QED) is 0.372. The number of nitrogens with one attached hydrogen (secondary N) is 2. The van der Waals surface area contributed by atoms with Crippen molar-refractivity contribution in [3.63, 3.8) is 0 Å². The van der Waals surface area contributed by atoms with E-state index < -0.39 is 0 Å². The molecule has 1 amide bonds. The van der Waals surface area contributed by atoms with Crippen molar-refractivity contribution < 1.29 is 9.53 Å². The lowest BCUT2D eigenvalue weighted by Gasteiger charge is -2.27. The van der Waals surface area contributed by atoms with E-state index in [0.29, 0.717) is 34.9 Å². The number of fused-ring (bicyclic) bond motifs is 3. The number of benzene rings is 1. The van der Waals surface area contributed by atoms with Crippen LogP contribution in [0.3, 0.4) is 0 Å². The zero-order valence-corrected chi connectivity index (χ0v) is 19.3. The van der Waals surface area contributed by atoms with Crippen molar-refractivity contribution in [1.82, 2.24) is 19.8 Å². The van der Waals surface area contributed by atoms with Crippen LogP contribution in [-0.4, -0.2) is 66.2 Å². The molecule has 0 saturated carbocycles. The molecule has 9 nitrogen and oxygen atoms in total. The molecule has 0 atom stereocenters. The van der Waals surface area contributed by atoms with Gasteiger partial charge in [0.1, 0.15) is 22.7 Å². The van der Waals surface area contributed by atoms with Crippen molar-refractivity contribution in [2.75, 3.05) is 45.3 Å². The van der Waals surface area contributed by atoms with Crippen LogP contribution in [0.5, 0.6) is 5.75 Å². The highest BCUT2D eigenvalue weighted by Crippen LogP contribution is 2.39. The fraction of sp³-hybridized carbons (Fsp3) is 0.364. The Morgan fingerprint density at radius 1 is 1.41 bits per heavy atom. The van der Waals surface area contributed by atoms with Crippen molar-refractivity contribution in [3.05, 3.63) is 34.5 Å². The number of carbonyl (C=O) groups is 1. The third-order valence-corrected chi connectivity index (χ3v) is 6.80. The SMILES string of the molecule is COc1cc(N)c(C=N)cc1Nc1ncnc2sc3c(c12)CCN(CCC(=O)N(C)C)C3. The highest BCUT2D eigenvalue weighted by molar-refractivity contribution is 7.19. The van der Waals surface area contributed by atoms with Gasteiger partial charge >= 0.3 is 0 Å². The number of anilines is 3. The maximum absolute atomic E-state index is 12.0. The highest BCUT2D eigenvalue weighted by Gasteiger charge is 2.24. The van der Waals surface area contributed by atoms with Crippen LogP contribution in [0.25, 0.3) is 10.2 Å². The van der Waals surface area contributed by atoms with Crippen molar-refractivity contribution in [1.29, 1.82) is 5.41 Å². The van der Waals surface area contributed by atoms with Crippen LogP contribution in [0.1, 0.15) is 22.4 Å². The molecule has 0 spiro atoms. The number of amides is 1. The number of nitrogen functional groups attached to an aromatic ring is 1. The van der Waals surface area contributed by atoms with E-state index in [1.807, 2.05) is 0 Å². The molecule has 168 valence electrons. The second-order valence-electron chi connectivity index (χ2n) is 7.92. The van der Waals surface area contributed by atoms with Gasteiger partial charge in [-0.1, -0.05) is 0 Å². The largest absolute Gasteiger partial charge is 0.494 e. The Morgan fingerprint density at radius 2 is 2.22 bits per heavy atom. The summed E-state index contributed by atoms with van der Waals surface area (Å²) in [6.07, 6.45) is 4.17. The van der Waals surface area contributed by atoms with Crippen molar-refractivity contribution in [2.45, 2.75) is 19.4 Å². The van der Waals surface area contributed by atoms with E-state index >= 15 is 0 Å². The van der Waals surface area contributed by atoms with Crippen LogP contribution in [-0.2, 0) is 17.8 Å². The van der Waals surface area contributed by atoms with E-state index in [9.17, 15) is 4.79 Å². The van der Waals surface area contributed by atoms with Gasteiger partial charge in [-0.05, 0) is 18.1 Å². The monoisotopic (exact) mass is 453 g/mol. The molecule has 0 fully saturated rings. The second kappa shape index (κ2) is 9.09. The van der Waals surface area contributed by atoms with E-state index in [1.165, 1.54) is 16.7 Å². The first kappa shape index (κ1) is 22.0.